The van der Waals surface area contributed by atoms with Gasteiger partial charge in [0.25, 0.3) is 0 Å². The van der Waals surface area contributed by atoms with Crippen LogP contribution < -0.4 is 10.6 Å². The third-order valence-electron chi connectivity index (χ3n) is 3.72. The van der Waals surface area contributed by atoms with E-state index in [9.17, 15) is 0 Å². The van der Waals surface area contributed by atoms with Gasteiger partial charge in [-0.3, -0.25) is 4.98 Å². The van der Waals surface area contributed by atoms with Crippen LogP contribution in [0.3, 0.4) is 0 Å². The number of aromatic nitrogens is 3. The highest BCUT2D eigenvalue weighted by molar-refractivity contribution is 7.17. The molecule has 0 bridgehead atoms. The van der Waals surface area contributed by atoms with Crippen molar-refractivity contribution in [3.63, 3.8) is 0 Å². The van der Waals surface area contributed by atoms with Crippen molar-refractivity contribution in [3.8, 4) is 11.4 Å². The summed E-state index contributed by atoms with van der Waals surface area (Å²) < 4.78 is 1.08. The van der Waals surface area contributed by atoms with Crippen LogP contribution in [0.25, 0.3) is 21.6 Å². The maximum absolute atomic E-state index is 6.24. The molecule has 4 rings (SSSR count). The predicted molar refractivity (Wildman–Crippen MR) is 90.6 cm³/mol. The molecule has 0 radical (unpaired) electrons. The van der Waals surface area contributed by atoms with E-state index in [4.69, 9.17) is 16.6 Å². The molecule has 0 saturated carbocycles. The van der Waals surface area contributed by atoms with Gasteiger partial charge in [0.2, 0.25) is 0 Å². The molecule has 1 saturated heterocycles. The molecule has 0 aromatic carbocycles. The van der Waals surface area contributed by atoms with Crippen molar-refractivity contribution >= 4 is 39.0 Å². The van der Waals surface area contributed by atoms with Gasteiger partial charge in [-0.15, -0.1) is 11.3 Å². The normalized spacial score (nSPS) is 18.0. The smallest absolute Gasteiger partial charge is 0.163 e. The van der Waals surface area contributed by atoms with Gasteiger partial charge in [0.15, 0.2) is 5.82 Å². The van der Waals surface area contributed by atoms with Crippen LogP contribution >= 0.6 is 22.9 Å². The van der Waals surface area contributed by atoms with E-state index in [-0.39, 0.29) is 0 Å². The molecule has 1 fully saturated rings. The van der Waals surface area contributed by atoms with Gasteiger partial charge in [0.05, 0.1) is 15.2 Å². The molecule has 1 atom stereocenters. The molecule has 0 aliphatic carbocycles. The molecule has 3 aromatic rings. The number of pyridine rings is 1. The molecule has 2 N–H and O–H groups in total. The summed E-state index contributed by atoms with van der Waals surface area (Å²) in [6.07, 6.45) is 4.42. The maximum atomic E-state index is 6.24. The highest BCUT2D eigenvalue weighted by Crippen LogP contribution is 2.31. The Morgan fingerprint density at radius 1 is 1.32 bits per heavy atom. The first kappa shape index (κ1) is 13.9. The lowest BCUT2D eigenvalue weighted by Gasteiger charge is -2.14. The second kappa shape index (κ2) is 5.79. The topological polar surface area (TPSA) is 62.7 Å². The van der Waals surface area contributed by atoms with Gasteiger partial charge in [-0.1, -0.05) is 11.6 Å². The van der Waals surface area contributed by atoms with Gasteiger partial charge < -0.3 is 10.6 Å². The van der Waals surface area contributed by atoms with Crippen molar-refractivity contribution < 1.29 is 0 Å². The number of fused-ring (bicyclic) bond motifs is 1. The van der Waals surface area contributed by atoms with Crippen LogP contribution in [0.1, 0.15) is 6.42 Å². The van der Waals surface area contributed by atoms with Gasteiger partial charge >= 0.3 is 0 Å². The van der Waals surface area contributed by atoms with E-state index in [1.807, 2.05) is 17.5 Å². The minimum Gasteiger partial charge on any atom is -0.365 e. The lowest BCUT2D eigenvalue weighted by molar-refractivity contribution is 0.789. The van der Waals surface area contributed by atoms with Crippen molar-refractivity contribution in [2.45, 2.75) is 12.5 Å². The molecule has 1 aliphatic heterocycles. The van der Waals surface area contributed by atoms with E-state index >= 15 is 0 Å². The van der Waals surface area contributed by atoms with E-state index in [0.717, 1.165) is 41.1 Å². The number of thiophene rings is 1. The van der Waals surface area contributed by atoms with Crippen LogP contribution in [-0.4, -0.2) is 34.1 Å². The van der Waals surface area contributed by atoms with Crippen LogP contribution in [0, 0.1) is 0 Å². The fourth-order valence-electron chi connectivity index (χ4n) is 2.61. The fourth-order valence-corrected chi connectivity index (χ4v) is 3.60. The summed E-state index contributed by atoms with van der Waals surface area (Å²) in [6, 6.07) is 4.26. The van der Waals surface area contributed by atoms with Gasteiger partial charge in [-0.2, -0.15) is 0 Å². The Kier molecular flexibility index (Phi) is 3.65. The number of halogens is 1. The molecule has 1 unspecified atom stereocenters. The van der Waals surface area contributed by atoms with E-state index in [2.05, 4.69) is 20.6 Å². The SMILES string of the molecule is Clc1cnccc1-c1nc(NC2CCNC2)c2sccc2n1. The molecule has 112 valence electrons. The molecule has 4 heterocycles. The van der Waals surface area contributed by atoms with Crippen molar-refractivity contribution in [2.24, 2.45) is 0 Å². The molecule has 5 nitrogen and oxygen atoms in total. The minimum absolute atomic E-state index is 0.404. The first-order valence-electron chi connectivity index (χ1n) is 7.13. The second-order valence-corrected chi connectivity index (χ2v) is 6.54. The largest absolute Gasteiger partial charge is 0.365 e. The number of hydrogen-bond acceptors (Lipinski definition) is 6. The molecule has 7 heteroatoms. The lowest BCUT2D eigenvalue weighted by atomic mass is 10.2. The summed E-state index contributed by atoms with van der Waals surface area (Å²) >= 11 is 7.89. The summed E-state index contributed by atoms with van der Waals surface area (Å²) in [5.41, 5.74) is 1.74. The standard InChI is InChI=1S/C15H14ClN5S/c16-11-8-18-5-2-10(11)14-20-12-3-6-22-13(12)15(21-14)19-9-1-4-17-7-9/h2-3,5-6,8-9,17H,1,4,7H2,(H,19,20,21). The minimum atomic E-state index is 0.404. The van der Waals surface area contributed by atoms with E-state index < -0.39 is 0 Å². The monoisotopic (exact) mass is 331 g/mol. The molecular weight excluding hydrogens is 318 g/mol. The molecule has 0 spiro atoms. The summed E-state index contributed by atoms with van der Waals surface area (Å²) in [4.78, 5) is 13.4. The van der Waals surface area contributed by atoms with Crippen molar-refractivity contribution in [1.29, 1.82) is 0 Å². The number of anilines is 1. The summed E-state index contributed by atoms with van der Waals surface area (Å²) in [7, 11) is 0. The zero-order valence-corrected chi connectivity index (χ0v) is 13.3. The Balaban J connectivity index is 1.81. The van der Waals surface area contributed by atoms with Gasteiger partial charge in [0, 0.05) is 30.5 Å². The molecule has 3 aromatic heterocycles. The first-order valence-corrected chi connectivity index (χ1v) is 8.39. The molecule has 0 amide bonds. The zero-order valence-electron chi connectivity index (χ0n) is 11.7. The molecular formula is C15H14ClN5S. The zero-order chi connectivity index (χ0) is 14.9. The number of rotatable bonds is 3. The van der Waals surface area contributed by atoms with Crippen LogP contribution in [0.15, 0.2) is 29.9 Å². The summed E-state index contributed by atoms with van der Waals surface area (Å²) in [5.74, 6) is 1.52. The third kappa shape index (κ3) is 2.54. The highest BCUT2D eigenvalue weighted by atomic mass is 35.5. The van der Waals surface area contributed by atoms with Crippen molar-refractivity contribution in [3.05, 3.63) is 34.9 Å². The Morgan fingerprint density at radius 3 is 3.09 bits per heavy atom. The predicted octanol–water partition coefficient (Wildman–Crippen LogP) is 3.18. The van der Waals surface area contributed by atoms with E-state index in [1.54, 1.807) is 23.7 Å². The highest BCUT2D eigenvalue weighted by Gasteiger charge is 2.18. The van der Waals surface area contributed by atoms with Crippen LogP contribution in [-0.2, 0) is 0 Å². The number of nitrogens with one attached hydrogen (secondary N) is 2. The summed E-state index contributed by atoms with van der Waals surface area (Å²) in [6.45, 7) is 2.00. The Labute approximate surface area is 136 Å². The average molecular weight is 332 g/mol. The van der Waals surface area contributed by atoms with Gasteiger partial charge in [-0.25, -0.2) is 9.97 Å². The second-order valence-electron chi connectivity index (χ2n) is 5.22. The van der Waals surface area contributed by atoms with E-state index in [1.165, 1.54) is 0 Å². The Bertz CT molecular complexity index is 813. The average Bonchev–Trinajstić information content (AvgIpc) is 3.18. The molecule has 1 aliphatic rings. The van der Waals surface area contributed by atoms with Gasteiger partial charge in [0.1, 0.15) is 5.82 Å². The van der Waals surface area contributed by atoms with E-state index in [0.29, 0.717) is 16.9 Å². The Morgan fingerprint density at radius 2 is 2.27 bits per heavy atom. The van der Waals surface area contributed by atoms with Crippen molar-refractivity contribution in [2.75, 3.05) is 18.4 Å². The fraction of sp³-hybridized carbons (Fsp3) is 0.267. The van der Waals surface area contributed by atoms with Gasteiger partial charge in [-0.05, 0) is 30.5 Å². The summed E-state index contributed by atoms with van der Waals surface area (Å²) in [5, 5.41) is 9.49. The Hall–Kier alpha value is -1.76. The first-order chi connectivity index (χ1) is 10.8. The quantitative estimate of drug-likeness (QED) is 0.771. The molecule has 22 heavy (non-hydrogen) atoms. The van der Waals surface area contributed by atoms with Crippen molar-refractivity contribution in [1.82, 2.24) is 20.3 Å². The van der Waals surface area contributed by atoms with Crippen LogP contribution in [0.5, 0.6) is 0 Å². The maximum Gasteiger partial charge on any atom is 0.163 e. The van der Waals surface area contributed by atoms with Crippen LogP contribution in [0.4, 0.5) is 5.82 Å². The third-order valence-corrected chi connectivity index (χ3v) is 4.93. The van der Waals surface area contributed by atoms with Crippen LogP contribution in [0.2, 0.25) is 5.02 Å². The lowest BCUT2D eigenvalue weighted by Crippen LogP contribution is -2.22. The number of hydrogen-bond donors (Lipinski definition) is 2. The number of nitrogens with zero attached hydrogens (tertiary/aromatic N) is 3.